The van der Waals surface area contributed by atoms with E-state index in [4.69, 9.17) is 4.74 Å². The molecular formula is C10H12BrN3O4. The largest absolute Gasteiger partial charge is 0.618 e. The van der Waals surface area contributed by atoms with Crippen LogP contribution in [-0.4, -0.2) is 24.2 Å². The summed E-state index contributed by atoms with van der Waals surface area (Å²) in [5.41, 5.74) is -0.184. The molecule has 1 aromatic rings. The van der Waals surface area contributed by atoms with Gasteiger partial charge < -0.3 is 15.3 Å². The Bertz CT molecular complexity index is 490. The van der Waals surface area contributed by atoms with E-state index in [0.717, 1.165) is 19.0 Å². The van der Waals surface area contributed by atoms with Crippen molar-refractivity contribution in [2.24, 2.45) is 0 Å². The summed E-state index contributed by atoms with van der Waals surface area (Å²) in [5.74, 6) is 0. The number of ether oxygens (including phenoxy) is 1. The Morgan fingerprint density at radius 2 is 2.33 bits per heavy atom. The molecule has 1 heterocycles. The predicted molar refractivity (Wildman–Crippen MR) is 67.2 cm³/mol. The van der Waals surface area contributed by atoms with Crippen molar-refractivity contribution >= 4 is 27.3 Å². The van der Waals surface area contributed by atoms with Gasteiger partial charge in [0, 0.05) is 29.6 Å². The molecule has 0 amide bonds. The highest BCUT2D eigenvalue weighted by atomic mass is 79.9. The maximum atomic E-state index is 11.4. The zero-order chi connectivity index (χ0) is 13.3. The van der Waals surface area contributed by atoms with Crippen molar-refractivity contribution in [1.82, 2.24) is 0 Å². The van der Waals surface area contributed by atoms with Crippen molar-refractivity contribution < 1.29 is 14.4 Å². The summed E-state index contributed by atoms with van der Waals surface area (Å²) in [6, 6.07) is 1.18. The number of nitrogens with zero attached hydrogens (tertiary/aromatic N) is 2. The van der Waals surface area contributed by atoms with Crippen molar-refractivity contribution in [2.45, 2.75) is 18.4 Å². The van der Waals surface area contributed by atoms with Crippen molar-refractivity contribution in [3.8, 4) is 0 Å². The van der Waals surface area contributed by atoms with Gasteiger partial charge in [-0.2, -0.15) is 4.73 Å². The third-order valence-corrected chi connectivity index (χ3v) is 3.61. The summed E-state index contributed by atoms with van der Waals surface area (Å²) in [6.07, 6.45) is 2.98. The van der Waals surface area contributed by atoms with E-state index in [1.54, 1.807) is 7.11 Å². The molecule has 0 saturated heterocycles. The van der Waals surface area contributed by atoms with Gasteiger partial charge in [-0.1, -0.05) is 0 Å². The first-order valence-electron chi connectivity index (χ1n) is 5.33. The molecule has 18 heavy (non-hydrogen) atoms. The second-order valence-corrected chi connectivity index (χ2v) is 5.03. The molecule has 0 bridgehead atoms. The van der Waals surface area contributed by atoms with Gasteiger partial charge in [0.25, 0.3) is 4.60 Å². The molecule has 1 fully saturated rings. The number of rotatable bonds is 5. The van der Waals surface area contributed by atoms with Gasteiger partial charge in [0.2, 0.25) is 6.20 Å². The molecule has 98 valence electrons. The minimum Gasteiger partial charge on any atom is -0.618 e. The van der Waals surface area contributed by atoms with Crippen LogP contribution >= 0.6 is 15.9 Å². The molecule has 0 unspecified atom stereocenters. The fourth-order valence-corrected chi connectivity index (χ4v) is 1.95. The van der Waals surface area contributed by atoms with Crippen molar-refractivity contribution in [1.29, 1.82) is 0 Å². The first kappa shape index (κ1) is 13.0. The van der Waals surface area contributed by atoms with Gasteiger partial charge in [-0.25, -0.2) is 0 Å². The highest BCUT2D eigenvalue weighted by Gasteiger charge is 2.43. The minimum absolute atomic E-state index is 0.104. The van der Waals surface area contributed by atoms with Crippen LogP contribution in [-0.2, 0) is 4.74 Å². The lowest BCUT2D eigenvalue weighted by atomic mass is 10.3. The zero-order valence-corrected chi connectivity index (χ0v) is 11.3. The lowest BCUT2D eigenvalue weighted by Gasteiger charge is -2.14. The maximum Gasteiger partial charge on any atom is 0.305 e. The van der Waals surface area contributed by atoms with Crippen LogP contribution in [0.4, 0.5) is 11.4 Å². The van der Waals surface area contributed by atoms with E-state index in [-0.39, 0.29) is 21.6 Å². The van der Waals surface area contributed by atoms with Gasteiger partial charge in [0.1, 0.15) is 0 Å². The molecule has 1 saturated carbocycles. The van der Waals surface area contributed by atoms with Gasteiger partial charge in [-0.05, 0) is 12.8 Å². The van der Waals surface area contributed by atoms with Gasteiger partial charge in [-0.3, -0.25) is 10.1 Å². The van der Waals surface area contributed by atoms with Gasteiger partial charge >= 0.3 is 5.69 Å². The smallest absolute Gasteiger partial charge is 0.305 e. The Balaban J connectivity index is 2.20. The average Bonchev–Trinajstić information content (AvgIpc) is 3.10. The Labute approximate surface area is 112 Å². The average molecular weight is 318 g/mol. The highest BCUT2D eigenvalue weighted by molar-refractivity contribution is 9.10. The molecule has 0 aromatic carbocycles. The topological polar surface area (TPSA) is 91.3 Å². The van der Waals surface area contributed by atoms with E-state index in [1.165, 1.54) is 6.07 Å². The molecular weight excluding hydrogens is 306 g/mol. The zero-order valence-electron chi connectivity index (χ0n) is 9.68. The summed E-state index contributed by atoms with van der Waals surface area (Å²) in [4.78, 5) is 10.4. The number of anilines is 1. The quantitative estimate of drug-likeness (QED) is 0.293. The van der Waals surface area contributed by atoms with Crippen LogP contribution in [0.5, 0.6) is 0 Å². The summed E-state index contributed by atoms with van der Waals surface area (Å²) in [7, 11) is 1.61. The molecule has 1 aliphatic rings. The summed E-state index contributed by atoms with van der Waals surface area (Å²) in [6.45, 7) is 0.450. The number of halogens is 1. The number of methoxy groups -OCH3 is 1. The Morgan fingerprint density at radius 3 is 2.83 bits per heavy atom. The number of nitro groups is 1. The van der Waals surface area contributed by atoms with E-state index in [2.05, 4.69) is 21.2 Å². The van der Waals surface area contributed by atoms with Crippen LogP contribution in [0.3, 0.4) is 0 Å². The molecule has 0 radical (unpaired) electrons. The van der Waals surface area contributed by atoms with E-state index < -0.39 is 4.92 Å². The van der Waals surface area contributed by atoms with Crippen LogP contribution in [0, 0.1) is 15.3 Å². The minimum atomic E-state index is -0.528. The van der Waals surface area contributed by atoms with Crippen LogP contribution in [0.25, 0.3) is 0 Å². The number of nitrogens with one attached hydrogen (secondary N) is 1. The molecule has 0 spiro atoms. The second kappa shape index (κ2) is 4.69. The summed E-state index contributed by atoms with van der Waals surface area (Å²) < 4.78 is 5.93. The van der Waals surface area contributed by atoms with Gasteiger partial charge in [0.15, 0.2) is 5.69 Å². The standard InChI is InChI=1S/C10H12BrN3O4/c1-18-10(2-3-10)6-12-7-5-13(15)9(11)4-8(7)14(16)17/h4-5,12H,2-3,6H2,1H3. The molecule has 1 aromatic heterocycles. The first-order valence-corrected chi connectivity index (χ1v) is 6.13. The summed E-state index contributed by atoms with van der Waals surface area (Å²) >= 11 is 2.96. The highest BCUT2D eigenvalue weighted by Crippen LogP contribution is 2.39. The second-order valence-electron chi connectivity index (χ2n) is 4.22. The first-order chi connectivity index (χ1) is 8.47. The number of hydrogen-bond donors (Lipinski definition) is 1. The van der Waals surface area contributed by atoms with Crippen LogP contribution in [0.1, 0.15) is 12.8 Å². The van der Waals surface area contributed by atoms with E-state index in [0.29, 0.717) is 11.3 Å². The van der Waals surface area contributed by atoms with E-state index in [9.17, 15) is 15.3 Å². The SMILES string of the molecule is COC1(CNc2c[n+]([O-])c(Br)cc2[N+](=O)[O-])CC1. The predicted octanol–water partition coefficient (Wildman–Crippen LogP) is 1.58. The molecule has 7 nitrogen and oxygen atoms in total. The maximum absolute atomic E-state index is 11.4. The molecule has 1 aliphatic carbocycles. The van der Waals surface area contributed by atoms with Gasteiger partial charge in [0.05, 0.1) is 16.6 Å². The monoisotopic (exact) mass is 317 g/mol. The lowest BCUT2D eigenvalue weighted by Crippen LogP contribution is -2.30. The summed E-state index contributed by atoms with van der Waals surface area (Å²) in [5, 5.41) is 25.2. The Hall–Kier alpha value is -1.41. The molecule has 0 atom stereocenters. The normalized spacial score (nSPS) is 16.3. The van der Waals surface area contributed by atoms with Crippen LogP contribution in [0.15, 0.2) is 16.9 Å². The molecule has 2 rings (SSSR count). The lowest BCUT2D eigenvalue weighted by molar-refractivity contribution is -0.617. The number of aromatic nitrogens is 1. The third-order valence-electron chi connectivity index (χ3n) is 3.03. The van der Waals surface area contributed by atoms with Crippen LogP contribution in [0.2, 0.25) is 0 Å². The fraction of sp³-hybridized carbons (Fsp3) is 0.500. The third kappa shape index (κ3) is 2.54. The van der Waals surface area contributed by atoms with Crippen molar-refractivity contribution in [2.75, 3.05) is 19.0 Å². The Kier molecular flexibility index (Phi) is 3.40. The van der Waals surface area contributed by atoms with E-state index in [1.807, 2.05) is 0 Å². The van der Waals surface area contributed by atoms with Crippen molar-refractivity contribution in [3.05, 3.63) is 32.2 Å². The number of pyridine rings is 1. The van der Waals surface area contributed by atoms with E-state index >= 15 is 0 Å². The molecule has 0 aliphatic heterocycles. The number of hydrogen-bond acceptors (Lipinski definition) is 5. The molecule has 8 heteroatoms. The Morgan fingerprint density at radius 1 is 1.67 bits per heavy atom. The van der Waals surface area contributed by atoms with Gasteiger partial charge in [-0.15, -0.1) is 0 Å². The van der Waals surface area contributed by atoms with Crippen LogP contribution < -0.4 is 10.0 Å². The fourth-order valence-electron chi connectivity index (χ4n) is 1.64. The van der Waals surface area contributed by atoms with Crippen molar-refractivity contribution in [3.63, 3.8) is 0 Å². The molecule has 1 N–H and O–H groups in total.